The number of ether oxygens (including phenoxy) is 1. The quantitative estimate of drug-likeness (QED) is 0.598. The molecule has 0 unspecified atom stereocenters. The van der Waals surface area contributed by atoms with Crippen LogP contribution in [0.3, 0.4) is 0 Å². The SMILES string of the molecule is Clc1cc(-n2nnc3c2CCCC3)ncc1COc1cccc(Br)n1. The van der Waals surface area contributed by atoms with Crippen molar-refractivity contribution < 1.29 is 4.74 Å². The van der Waals surface area contributed by atoms with E-state index in [1.54, 1.807) is 23.0 Å². The van der Waals surface area contributed by atoms with Crippen LogP contribution in [0.4, 0.5) is 0 Å². The van der Waals surface area contributed by atoms with Crippen molar-refractivity contribution in [2.24, 2.45) is 0 Å². The number of rotatable bonds is 4. The Balaban J connectivity index is 1.54. The first-order valence-electron chi connectivity index (χ1n) is 8.04. The van der Waals surface area contributed by atoms with Crippen molar-refractivity contribution in [3.8, 4) is 11.7 Å². The van der Waals surface area contributed by atoms with E-state index in [-0.39, 0.29) is 0 Å². The Morgan fingerprint density at radius 3 is 2.96 bits per heavy atom. The number of fused-ring (bicyclic) bond motifs is 1. The highest BCUT2D eigenvalue weighted by Gasteiger charge is 2.19. The third-order valence-corrected chi connectivity index (χ3v) is 4.91. The van der Waals surface area contributed by atoms with Crippen molar-refractivity contribution in [2.45, 2.75) is 32.3 Å². The van der Waals surface area contributed by atoms with Crippen LogP contribution in [0.5, 0.6) is 5.88 Å². The molecule has 0 amide bonds. The predicted molar refractivity (Wildman–Crippen MR) is 97.1 cm³/mol. The molecule has 128 valence electrons. The molecule has 1 aliphatic rings. The van der Waals surface area contributed by atoms with Crippen LogP contribution >= 0.6 is 27.5 Å². The lowest BCUT2D eigenvalue weighted by Gasteiger charge is -2.12. The smallest absolute Gasteiger partial charge is 0.214 e. The summed E-state index contributed by atoms with van der Waals surface area (Å²) in [5, 5.41) is 9.09. The molecule has 25 heavy (non-hydrogen) atoms. The molecule has 0 N–H and O–H groups in total. The van der Waals surface area contributed by atoms with Crippen LogP contribution in [0, 0.1) is 0 Å². The van der Waals surface area contributed by atoms with Crippen LogP contribution in [0.25, 0.3) is 5.82 Å². The lowest BCUT2D eigenvalue weighted by Crippen LogP contribution is -2.09. The summed E-state index contributed by atoms with van der Waals surface area (Å²) >= 11 is 9.74. The standard InChI is InChI=1S/C17H15BrClN5O/c18-15-6-3-7-17(21-15)25-10-11-9-20-16(8-12(11)19)24-14-5-2-1-4-13(14)22-23-24/h3,6-9H,1-2,4-5,10H2. The normalized spacial score (nSPS) is 13.5. The predicted octanol–water partition coefficient (Wildman–Crippen LogP) is 3.93. The molecule has 6 nitrogen and oxygen atoms in total. The number of halogens is 2. The van der Waals surface area contributed by atoms with Gasteiger partial charge < -0.3 is 4.74 Å². The molecule has 0 atom stereocenters. The monoisotopic (exact) mass is 419 g/mol. The summed E-state index contributed by atoms with van der Waals surface area (Å²) in [7, 11) is 0. The molecule has 0 radical (unpaired) electrons. The number of hydrogen-bond donors (Lipinski definition) is 0. The molecule has 8 heteroatoms. The molecule has 0 fully saturated rings. The van der Waals surface area contributed by atoms with E-state index in [0.29, 0.717) is 23.3 Å². The number of aryl methyl sites for hydroxylation is 1. The summed E-state index contributed by atoms with van der Waals surface area (Å²) in [4.78, 5) is 8.72. The van der Waals surface area contributed by atoms with Crippen molar-refractivity contribution >= 4 is 27.5 Å². The van der Waals surface area contributed by atoms with Gasteiger partial charge in [0.2, 0.25) is 5.88 Å². The molecule has 3 heterocycles. The van der Waals surface area contributed by atoms with Crippen LogP contribution in [-0.4, -0.2) is 25.0 Å². The van der Waals surface area contributed by atoms with Gasteiger partial charge in [-0.1, -0.05) is 22.9 Å². The first-order valence-corrected chi connectivity index (χ1v) is 9.21. The molecule has 3 aromatic rings. The van der Waals surface area contributed by atoms with E-state index in [4.69, 9.17) is 16.3 Å². The zero-order chi connectivity index (χ0) is 17.2. The highest BCUT2D eigenvalue weighted by atomic mass is 79.9. The fourth-order valence-corrected chi connectivity index (χ4v) is 3.37. The van der Waals surface area contributed by atoms with Gasteiger partial charge in [-0.2, -0.15) is 4.68 Å². The van der Waals surface area contributed by atoms with Crippen LogP contribution in [0.2, 0.25) is 5.02 Å². The average molecular weight is 421 g/mol. The second-order valence-corrected chi connectivity index (χ2v) is 7.04. The molecular weight excluding hydrogens is 406 g/mol. The van der Waals surface area contributed by atoms with Gasteiger partial charge in [0.15, 0.2) is 5.82 Å². The molecule has 3 aromatic heterocycles. The highest BCUT2D eigenvalue weighted by Crippen LogP contribution is 2.24. The molecule has 0 spiro atoms. The highest BCUT2D eigenvalue weighted by molar-refractivity contribution is 9.10. The van der Waals surface area contributed by atoms with Gasteiger partial charge in [-0.15, -0.1) is 5.10 Å². The maximum Gasteiger partial charge on any atom is 0.214 e. The maximum absolute atomic E-state index is 6.42. The molecule has 1 aliphatic carbocycles. The maximum atomic E-state index is 6.42. The van der Waals surface area contributed by atoms with Crippen LogP contribution in [0.15, 0.2) is 35.1 Å². The van der Waals surface area contributed by atoms with Crippen molar-refractivity contribution in [1.29, 1.82) is 0 Å². The van der Waals surface area contributed by atoms with E-state index in [1.165, 1.54) is 6.42 Å². The zero-order valence-corrected chi connectivity index (χ0v) is 15.7. The number of aromatic nitrogens is 5. The van der Waals surface area contributed by atoms with Crippen molar-refractivity contribution in [3.63, 3.8) is 0 Å². The van der Waals surface area contributed by atoms with Crippen LogP contribution < -0.4 is 4.74 Å². The van der Waals surface area contributed by atoms with Crippen LogP contribution in [0.1, 0.15) is 29.8 Å². The first kappa shape index (κ1) is 16.5. The summed E-state index contributed by atoms with van der Waals surface area (Å²) in [5.74, 6) is 1.21. The first-order chi connectivity index (χ1) is 12.2. The topological polar surface area (TPSA) is 65.7 Å². The Hall–Kier alpha value is -1.99. The number of hydrogen-bond acceptors (Lipinski definition) is 5. The number of pyridine rings is 2. The molecule has 0 saturated heterocycles. The lowest BCUT2D eigenvalue weighted by molar-refractivity contribution is 0.293. The summed E-state index contributed by atoms with van der Waals surface area (Å²) < 4.78 is 8.19. The Bertz CT molecular complexity index is 914. The third kappa shape index (κ3) is 3.52. The molecule has 4 rings (SSSR count). The van der Waals surface area contributed by atoms with E-state index < -0.39 is 0 Å². The van der Waals surface area contributed by atoms with E-state index in [0.717, 1.165) is 40.8 Å². The fourth-order valence-electron chi connectivity index (χ4n) is 2.84. The largest absolute Gasteiger partial charge is 0.473 e. The van der Waals surface area contributed by atoms with Gasteiger partial charge in [-0.3, -0.25) is 0 Å². The van der Waals surface area contributed by atoms with E-state index in [9.17, 15) is 0 Å². The number of nitrogens with zero attached hydrogens (tertiary/aromatic N) is 5. The second-order valence-electron chi connectivity index (χ2n) is 5.82. The van der Waals surface area contributed by atoms with Gasteiger partial charge in [-0.05, 0) is 47.7 Å². The second kappa shape index (κ2) is 7.09. The third-order valence-electron chi connectivity index (χ3n) is 4.12. The van der Waals surface area contributed by atoms with Crippen molar-refractivity contribution in [1.82, 2.24) is 25.0 Å². The van der Waals surface area contributed by atoms with Gasteiger partial charge in [0, 0.05) is 23.9 Å². The van der Waals surface area contributed by atoms with Crippen molar-refractivity contribution in [3.05, 3.63) is 57.0 Å². The minimum absolute atomic E-state index is 0.297. The van der Waals surface area contributed by atoms with E-state index >= 15 is 0 Å². The van der Waals surface area contributed by atoms with Gasteiger partial charge in [-0.25, -0.2) is 9.97 Å². The minimum Gasteiger partial charge on any atom is -0.473 e. The van der Waals surface area contributed by atoms with Gasteiger partial charge >= 0.3 is 0 Å². The summed E-state index contributed by atoms with van der Waals surface area (Å²) in [6, 6.07) is 7.30. The Kier molecular flexibility index (Phi) is 4.67. The van der Waals surface area contributed by atoms with E-state index in [1.807, 2.05) is 12.1 Å². The summed E-state index contributed by atoms with van der Waals surface area (Å²) in [5.41, 5.74) is 3.00. The Labute approximate surface area is 158 Å². The summed E-state index contributed by atoms with van der Waals surface area (Å²) in [6.07, 6.45) is 5.99. The molecule has 0 bridgehead atoms. The Morgan fingerprint density at radius 2 is 2.12 bits per heavy atom. The molecule has 0 aromatic carbocycles. The molecule has 0 aliphatic heterocycles. The molecular formula is C17H15BrClN5O. The van der Waals surface area contributed by atoms with E-state index in [2.05, 4.69) is 36.2 Å². The molecule has 0 saturated carbocycles. The van der Waals surface area contributed by atoms with Gasteiger partial charge in [0.05, 0.1) is 16.4 Å². The summed E-state index contributed by atoms with van der Waals surface area (Å²) in [6.45, 7) is 0.297. The average Bonchev–Trinajstić information content (AvgIpc) is 3.05. The van der Waals surface area contributed by atoms with Gasteiger partial charge in [0.1, 0.15) is 11.2 Å². The lowest BCUT2D eigenvalue weighted by atomic mass is 10.0. The zero-order valence-electron chi connectivity index (χ0n) is 13.3. The minimum atomic E-state index is 0.297. The van der Waals surface area contributed by atoms with Gasteiger partial charge in [0.25, 0.3) is 0 Å². The fraction of sp³-hybridized carbons (Fsp3) is 0.294. The van der Waals surface area contributed by atoms with Crippen LogP contribution in [-0.2, 0) is 19.4 Å². The Morgan fingerprint density at radius 1 is 1.24 bits per heavy atom. The van der Waals surface area contributed by atoms with Crippen molar-refractivity contribution in [2.75, 3.05) is 0 Å².